The van der Waals surface area contributed by atoms with Gasteiger partial charge in [-0.1, -0.05) is 32.9 Å². The molecule has 1 aliphatic heterocycles. The summed E-state index contributed by atoms with van der Waals surface area (Å²) in [6, 6.07) is 7.58. The minimum absolute atomic E-state index is 0.0320. The van der Waals surface area contributed by atoms with Crippen molar-refractivity contribution in [3.63, 3.8) is 0 Å². The van der Waals surface area contributed by atoms with E-state index >= 15 is 0 Å². The number of rotatable bonds is 6. The Labute approximate surface area is 212 Å². The Morgan fingerprint density at radius 1 is 1.14 bits per heavy atom. The summed E-state index contributed by atoms with van der Waals surface area (Å²) in [5.74, 6) is -0.125. The van der Waals surface area contributed by atoms with Crippen molar-refractivity contribution < 1.29 is 9.59 Å². The number of carbonyl (C=O) groups is 2. The van der Waals surface area contributed by atoms with Gasteiger partial charge >= 0.3 is 6.03 Å². The maximum Gasteiger partial charge on any atom is 0.314 e. The normalized spacial score (nSPS) is 14.8. The second-order valence-electron chi connectivity index (χ2n) is 10.5. The lowest BCUT2D eigenvalue weighted by Crippen LogP contribution is -2.44. The zero-order valence-corrected chi connectivity index (χ0v) is 21.9. The van der Waals surface area contributed by atoms with Gasteiger partial charge in [0, 0.05) is 49.0 Å². The van der Waals surface area contributed by atoms with Crippen LogP contribution in [0, 0.1) is 6.92 Å². The number of nitrogens with zero attached hydrogens (tertiary/aromatic N) is 4. The summed E-state index contributed by atoms with van der Waals surface area (Å²) in [5.41, 5.74) is 10.8. The van der Waals surface area contributed by atoms with Crippen LogP contribution in [-0.4, -0.2) is 50.7 Å². The van der Waals surface area contributed by atoms with Gasteiger partial charge in [-0.15, -0.1) is 0 Å². The van der Waals surface area contributed by atoms with Crippen molar-refractivity contribution in [2.24, 2.45) is 5.73 Å². The van der Waals surface area contributed by atoms with Crippen LogP contribution in [0.3, 0.4) is 0 Å². The van der Waals surface area contributed by atoms with Crippen LogP contribution in [-0.2, 0) is 18.5 Å². The summed E-state index contributed by atoms with van der Waals surface area (Å²) in [4.78, 5) is 31.0. The van der Waals surface area contributed by atoms with Crippen LogP contribution in [0.1, 0.15) is 67.7 Å². The molecule has 1 saturated heterocycles. The molecule has 0 bridgehead atoms. The highest BCUT2D eigenvalue weighted by atomic mass is 16.2. The summed E-state index contributed by atoms with van der Waals surface area (Å²) in [6.07, 6.45) is 3.42. The first kappa shape index (κ1) is 25.5. The second-order valence-corrected chi connectivity index (χ2v) is 10.5. The number of primary amides is 1. The molecule has 4 rings (SSSR count). The molecule has 3 amide bonds. The van der Waals surface area contributed by atoms with Crippen molar-refractivity contribution in [1.82, 2.24) is 25.0 Å². The van der Waals surface area contributed by atoms with E-state index in [1.165, 1.54) is 5.56 Å². The molecule has 3 aromatic rings. The van der Waals surface area contributed by atoms with Gasteiger partial charge < -0.3 is 21.3 Å². The molecule has 1 aliphatic rings. The van der Waals surface area contributed by atoms with Crippen molar-refractivity contribution >= 4 is 28.7 Å². The molecule has 4 N–H and O–H groups in total. The predicted octanol–water partition coefficient (Wildman–Crippen LogP) is 3.94. The molecule has 1 aromatic carbocycles. The van der Waals surface area contributed by atoms with Gasteiger partial charge in [0.25, 0.3) is 5.91 Å². The van der Waals surface area contributed by atoms with Crippen LogP contribution in [0.25, 0.3) is 11.0 Å². The molecule has 0 atom stereocenters. The van der Waals surface area contributed by atoms with E-state index in [4.69, 9.17) is 10.7 Å². The Morgan fingerprint density at radius 3 is 2.39 bits per heavy atom. The Morgan fingerprint density at radius 2 is 1.81 bits per heavy atom. The number of likely N-dealkylation sites (tertiary alicyclic amines) is 1. The smallest absolute Gasteiger partial charge is 0.314 e. The molecule has 3 heterocycles. The zero-order valence-electron chi connectivity index (χ0n) is 21.9. The van der Waals surface area contributed by atoms with Crippen molar-refractivity contribution in [3.05, 3.63) is 52.8 Å². The summed E-state index contributed by atoms with van der Waals surface area (Å²) < 4.78 is 1.88. The maximum atomic E-state index is 13.0. The van der Waals surface area contributed by atoms with Crippen LogP contribution >= 0.6 is 0 Å². The number of benzene rings is 1. The van der Waals surface area contributed by atoms with Gasteiger partial charge in [0.2, 0.25) is 0 Å². The van der Waals surface area contributed by atoms with Crippen molar-refractivity contribution in [1.29, 1.82) is 0 Å². The average molecular weight is 492 g/mol. The number of fused-ring (bicyclic) bond motifs is 1. The van der Waals surface area contributed by atoms with Crippen molar-refractivity contribution in [3.8, 4) is 0 Å². The van der Waals surface area contributed by atoms with E-state index in [9.17, 15) is 9.59 Å². The van der Waals surface area contributed by atoms with E-state index in [2.05, 4.69) is 36.5 Å². The predicted molar refractivity (Wildman–Crippen MR) is 142 cm³/mol. The summed E-state index contributed by atoms with van der Waals surface area (Å²) in [7, 11) is 0. The molecule has 9 nitrogen and oxygen atoms in total. The highest BCUT2D eigenvalue weighted by Crippen LogP contribution is 2.31. The lowest BCUT2D eigenvalue weighted by molar-refractivity contribution is 0.0951. The lowest BCUT2D eigenvalue weighted by Gasteiger charge is -2.32. The van der Waals surface area contributed by atoms with Crippen LogP contribution in [0.15, 0.2) is 30.5 Å². The fourth-order valence-corrected chi connectivity index (χ4v) is 4.70. The number of amides is 3. The molecule has 192 valence electrons. The number of aryl methyl sites for hydroxylation is 2. The Kier molecular flexibility index (Phi) is 7.19. The molecule has 2 aromatic heterocycles. The number of pyridine rings is 1. The van der Waals surface area contributed by atoms with Gasteiger partial charge in [-0.3, -0.25) is 4.79 Å². The standard InChI is InChI=1S/C27H37N7O2/c1-6-34-24-22(16-30-34)23(32-20-11-13-33(14-12-20)26(28)36)21(17(2)31-24)15-29-25(35)18-7-9-19(10-8-18)27(3,4)5/h7-10,16,20H,6,11-15H2,1-5H3,(H2,28,36)(H,29,35)(H,31,32). The van der Waals surface area contributed by atoms with Crippen molar-refractivity contribution in [2.75, 3.05) is 18.4 Å². The van der Waals surface area contributed by atoms with Crippen LogP contribution in [0.4, 0.5) is 10.5 Å². The fourth-order valence-electron chi connectivity index (χ4n) is 4.70. The van der Waals surface area contributed by atoms with Gasteiger partial charge in [-0.05, 0) is 49.8 Å². The van der Waals surface area contributed by atoms with Gasteiger partial charge in [-0.2, -0.15) is 5.10 Å². The number of aromatic nitrogens is 3. The van der Waals surface area contributed by atoms with Crippen LogP contribution < -0.4 is 16.4 Å². The third kappa shape index (κ3) is 5.29. The van der Waals surface area contributed by atoms with Gasteiger partial charge in [0.1, 0.15) is 0 Å². The van der Waals surface area contributed by atoms with E-state index in [0.717, 1.165) is 40.8 Å². The lowest BCUT2D eigenvalue weighted by atomic mass is 9.87. The Hall–Kier alpha value is -3.62. The molecule has 36 heavy (non-hydrogen) atoms. The Bertz CT molecular complexity index is 1250. The topological polar surface area (TPSA) is 118 Å². The van der Waals surface area contributed by atoms with Crippen molar-refractivity contribution in [2.45, 2.75) is 72.0 Å². The first-order chi connectivity index (χ1) is 17.1. The molecule has 1 fully saturated rings. The van der Waals surface area contributed by atoms with Crippen LogP contribution in [0.2, 0.25) is 0 Å². The zero-order chi connectivity index (χ0) is 26.0. The van der Waals surface area contributed by atoms with E-state index in [0.29, 0.717) is 31.7 Å². The highest BCUT2D eigenvalue weighted by Gasteiger charge is 2.24. The van der Waals surface area contributed by atoms with E-state index in [-0.39, 0.29) is 23.4 Å². The quantitative estimate of drug-likeness (QED) is 0.483. The number of carbonyl (C=O) groups excluding carboxylic acids is 2. The van der Waals surface area contributed by atoms with E-state index in [1.54, 1.807) is 4.90 Å². The number of piperidine rings is 1. The third-order valence-corrected chi connectivity index (χ3v) is 6.99. The third-order valence-electron chi connectivity index (χ3n) is 6.99. The number of hydrogen-bond donors (Lipinski definition) is 3. The molecular weight excluding hydrogens is 454 g/mol. The molecule has 0 unspecified atom stereocenters. The first-order valence-corrected chi connectivity index (χ1v) is 12.6. The molecule has 0 radical (unpaired) electrons. The van der Waals surface area contributed by atoms with Crippen LogP contribution in [0.5, 0.6) is 0 Å². The summed E-state index contributed by atoms with van der Waals surface area (Å²) in [6.45, 7) is 12.8. The molecule has 0 saturated carbocycles. The number of hydrogen-bond acceptors (Lipinski definition) is 5. The minimum atomic E-state index is -0.376. The van der Waals surface area contributed by atoms with E-state index in [1.807, 2.05) is 49.0 Å². The maximum absolute atomic E-state index is 13.0. The average Bonchev–Trinajstić information content (AvgIpc) is 3.26. The first-order valence-electron chi connectivity index (χ1n) is 12.6. The summed E-state index contributed by atoms with van der Waals surface area (Å²) in [5, 5.41) is 12.2. The van der Waals surface area contributed by atoms with E-state index < -0.39 is 0 Å². The molecule has 0 aliphatic carbocycles. The van der Waals surface area contributed by atoms with Gasteiger partial charge in [0.05, 0.1) is 17.3 Å². The SMILES string of the molecule is CCn1ncc2c(NC3CCN(C(N)=O)CC3)c(CNC(=O)c3ccc(C(C)(C)C)cc3)c(C)nc21. The fraction of sp³-hybridized carbons (Fsp3) is 0.481. The number of urea groups is 1. The molecule has 9 heteroatoms. The minimum Gasteiger partial charge on any atom is -0.381 e. The largest absolute Gasteiger partial charge is 0.381 e. The number of nitrogens with two attached hydrogens (primary N) is 1. The van der Waals surface area contributed by atoms with Gasteiger partial charge in [-0.25, -0.2) is 14.5 Å². The number of anilines is 1. The monoisotopic (exact) mass is 491 g/mol. The van der Waals surface area contributed by atoms with Gasteiger partial charge in [0.15, 0.2) is 5.65 Å². The molecular formula is C27H37N7O2. The highest BCUT2D eigenvalue weighted by molar-refractivity contribution is 5.95. The Balaban J connectivity index is 1.58. The molecule has 0 spiro atoms. The number of nitrogens with one attached hydrogen (secondary N) is 2. The summed E-state index contributed by atoms with van der Waals surface area (Å²) >= 11 is 0. The second kappa shape index (κ2) is 10.2.